The zero-order chi connectivity index (χ0) is 15.8. The Morgan fingerprint density at radius 3 is 2.19 bits per heavy atom. The fourth-order valence-electron chi connectivity index (χ4n) is 3.21. The highest BCUT2D eigenvalue weighted by Crippen LogP contribution is 2.37. The standard InChI is InChI=1S/C14H25F3N2OS/c1-13(2,3)21(20)18-12(14(15,16)17)8-11-9-19-6-4-10(11)5-7-19/h10-12,18H,4-9H2,1-3H3/t11-,12?,21?/m1/s1. The monoisotopic (exact) mass is 326 g/mol. The molecule has 21 heavy (non-hydrogen) atoms. The Morgan fingerprint density at radius 1 is 1.24 bits per heavy atom. The second kappa shape index (κ2) is 6.16. The van der Waals surface area contributed by atoms with E-state index in [0.29, 0.717) is 5.92 Å². The molecule has 3 atom stereocenters. The van der Waals surface area contributed by atoms with Gasteiger partial charge in [-0.2, -0.15) is 13.2 Å². The van der Waals surface area contributed by atoms with Gasteiger partial charge in [0.25, 0.3) is 0 Å². The molecule has 0 aromatic carbocycles. The zero-order valence-corrected chi connectivity index (χ0v) is 13.7. The van der Waals surface area contributed by atoms with Gasteiger partial charge in [-0.25, -0.2) is 8.93 Å². The molecule has 3 rings (SSSR count). The van der Waals surface area contributed by atoms with Crippen LogP contribution in [0.2, 0.25) is 0 Å². The van der Waals surface area contributed by atoms with Gasteiger partial charge >= 0.3 is 6.18 Å². The third kappa shape index (κ3) is 4.42. The van der Waals surface area contributed by atoms with E-state index in [4.69, 9.17) is 0 Å². The molecule has 3 saturated heterocycles. The SMILES string of the molecule is CC(C)(C)S(=O)NC(C[C@@H]1CN2CCC1CC2)C(F)(F)F. The van der Waals surface area contributed by atoms with Crippen LogP contribution in [-0.4, -0.2) is 45.7 Å². The van der Waals surface area contributed by atoms with Crippen molar-refractivity contribution in [2.24, 2.45) is 11.8 Å². The van der Waals surface area contributed by atoms with Gasteiger partial charge < -0.3 is 4.90 Å². The van der Waals surface area contributed by atoms with Crippen molar-refractivity contribution in [3.05, 3.63) is 0 Å². The van der Waals surface area contributed by atoms with Gasteiger partial charge in [-0.15, -0.1) is 0 Å². The van der Waals surface area contributed by atoms with Gasteiger partial charge in [0.15, 0.2) is 0 Å². The van der Waals surface area contributed by atoms with Gasteiger partial charge in [-0.3, -0.25) is 0 Å². The number of nitrogens with zero attached hydrogens (tertiary/aromatic N) is 1. The number of alkyl halides is 3. The van der Waals surface area contributed by atoms with Crippen LogP contribution in [0.25, 0.3) is 0 Å². The summed E-state index contributed by atoms with van der Waals surface area (Å²) in [4.78, 5) is 2.25. The van der Waals surface area contributed by atoms with E-state index in [1.807, 2.05) is 0 Å². The molecule has 3 heterocycles. The van der Waals surface area contributed by atoms with Crippen LogP contribution in [0.15, 0.2) is 0 Å². The average Bonchev–Trinajstić information content (AvgIpc) is 2.37. The van der Waals surface area contributed by atoms with Crippen molar-refractivity contribution >= 4 is 11.0 Å². The quantitative estimate of drug-likeness (QED) is 0.861. The Kier molecular flexibility index (Phi) is 5.05. The number of fused-ring (bicyclic) bond motifs is 3. The maximum atomic E-state index is 13.3. The van der Waals surface area contributed by atoms with E-state index < -0.39 is 28.0 Å². The van der Waals surface area contributed by atoms with Crippen LogP contribution in [0, 0.1) is 11.8 Å². The summed E-state index contributed by atoms with van der Waals surface area (Å²) < 4.78 is 53.4. The molecule has 0 aliphatic carbocycles. The lowest BCUT2D eigenvalue weighted by atomic mass is 9.76. The van der Waals surface area contributed by atoms with Crippen LogP contribution in [0.5, 0.6) is 0 Å². The molecule has 7 heteroatoms. The summed E-state index contributed by atoms with van der Waals surface area (Å²) in [5.74, 6) is 0.452. The number of rotatable bonds is 4. The largest absolute Gasteiger partial charge is 0.404 e. The highest BCUT2D eigenvalue weighted by atomic mass is 32.2. The molecule has 0 aromatic rings. The Labute approximate surface area is 127 Å². The van der Waals surface area contributed by atoms with E-state index in [2.05, 4.69) is 9.62 Å². The van der Waals surface area contributed by atoms with E-state index in [0.717, 1.165) is 32.5 Å². The first-order valence-electron chi connectivity index (χ1n) is 7.54. The third-order valence-corrected chi connectivity index (χ3v) is 6.14. The normalized spacial score (nSPS) is 33.0. The second-order valence-corrected chi connectivity index (χ2v) is 9.22. The first-order valence-corrected chi connectivity index (χ1v) is 8.69. The lowest BCUT2D eigenvalue weighted by molar-refractivity contribution is -0.158. The van der Waals surface area contributed by atoms with Gasteiger partial charge in [0, 0.05) is 6.54 Å². The minimum absolute atomic E-state index is 0.0342. The first-order chi connectivity index (χ1) is 9.57. The van der Waals surface area contributed by atoms with E-state index >= 15 is 0 Å². The van der Waals surface area contributed by atoms with Gasteiger partial charge in [-0.05, 0) is 65.0 Å². The van der Waals surface area contributed by atoms with E-state index in [-0.39, 0.29) is 12.3 Å². The van der Waals surface area contributed by atoms with Crippen molar-refractivity contribution < 1.29 is 17.4 Å². The number of hydrogen-bond acceptors (Lipinski definition) is 2. The molecular weight excluding hydrogens is 301 g/mol. The number of nitrogens with one attached hydrogen (secondary N) is 1. The van der Waals surface area contributed by atoms with E-state index in [9.17, 15) is 17.4 Å². The minimum Gasteiger partial charge on any atom is -0.303 e. The van der Waals surface area contributed by atoms with Crippen molar-refractivity contribution in [1.82, 2.24) is 9.62 Å². The highest BCUT2D eigenvalue weighted by molar-refractivity contribution is 7.84. The van der Waals surface area contributed by atoms with Gasteiger partial charge in [-0.1, -0.05) is 0 Å². The van der Waals surface area contributed by atoms with Crippen LogP contribution in [0.4, 0.5) is 13.2 Å². The number of halogens is 3. The predicted molar refractivity (Wildman–Crippen MR) is 78.1 cm³/mol. The number of piperidine rings is 3. The molecule has 0 amide bonds. The summed E-state index contributed by atoms with van der Waals surface area (Å²) in [6.07, 6.45) is -2.32. The van der Waals surface area contributed by atoms with Crippen molar-refractivity contribution in [2.75, 3.05) is 19.6 Å². The minimum atomic E-state index is -4.35. The molecule has 0 aromatic heterocycles. The molecule has 0 saturated carbocycles. The maximum Gasteiger partial charge on any atom is 0.404 e. The molecular formula is C14H25F3N2OS. The van der Waals surface area contributed by atoms with Crippen LogP contribution < -0.4 is 4.72 Å². The summed E-state index contributed by atoms with van der Waals surface area (Å²) >= 11 is 0. The fraction of sp³-hybridized carbons (Fsp3) is 1.00. The summed E-state index contributed by atoms with van der Waals surface area (Å²) in [5, 5.41) is 0. The smallest absolute Gasteiger partial charge is 0.303 e. The molecule has 0 spiro atoms. The first kappa shape index (κ1) is 17.2. The molecule has 3 aliphatic rings. The van der Waals surface area contributed by atoms with Gasteiger partial charge in [0.1, 0.15) is 6.04 Å². The zero-order valence-electron chi connectivity index (χ0n) is 12.9. The predicted octanol–water partition coefficient (Wildman–Crippen LogP) is 2.70. The van der Waals surface area contributed by atoms with Crippen LogP contribution >= 0.6 is 0 Å². The third-order valence-electron chi connectivity index (χ3n) is 4.53. The molecule has 124 valence electrons. The molecule has 3 nitrogen and oxygen atoms in total. The summed E-state index contributed by atoms with van der Waals surface area (Å²) in [5.41, 5.74) is 0. The van der Waals surface area contributed by atoms with Crippen molar-refractivity contribution in [2.45, 2.75) is 57.0 Å². The van der Waals surface area contributed by atoms with Gasteiger partial charge in [0.2, 0.25) is 0 Å². The summed E-state index contributed by atoms with van der Waals surface area (Å²) in [6, 6.07) is -1.68. The fourth-order valence-corrected chi connectivity index (χ4v) is 4.05. The lowest BCUT2D eigenvalue weighted by Crippen LogP contribution is -2.53. The van der Waals surface area contributed by atoms with Crippen LogP contribution in [0.1, 0.15) is 40.0 Å². The van der Waals surface area contributed by atoms with E-state index in [1.165, 1.54) is 0 Å². The maximum absolute atomic E-state index is 13.3. The van der Waals surface area contributed by atoms with Crippen molar-refractivity contribution in [3.63, 3.8) is 0 Å². The van der Waals surface area contributed by atoms with Crippen LogP contribution in [-0.2, 0) is 11.0 Å². The summed E-state index contributed by atoms with van der Waals surface area (Å²) in [6.45, 7) is 7.81. The summed E-state index contributed by atoms with van der Waals surface area (Å²) in [7, 11) is -1.70. The Bertz CT molecular complexity index is 387. The van der Waals surface area contributed by atoms with Gasteiger partial charge in [0.05, 0.1) is 15.7 Å². The topological polar surface area (TPSA) is 32.3 Å². The molecule has 1 N–H and O–H groups in total. The highest BCUT2D eigenvalue weighted by Gasteiger charge is 2.45. The molecule has 2 bridgehead atoms. The van der Waals surface area contributed by atoms with Crippen molar-refractivity contribution in [3.8, 4) is 0 Å². The lowest BCUT2D eigenvalue weighted by Gasteiger charge is -2.46. The average molecular weight is 326 g/mol. The molecule has 3 fully saturated rings. The van der Waals surface area contributed by atoms with Crippen LogP contribution in [0.3, 0.4) is 0 Å². The molecule has 2 unspecified atom stereocenters. The second-order valence-electron chi connectivity index (χ2n) is 7.23. The molecule has 3 aliphatic heterocycles. The molecule has 0 radical (unpaired) electrons. The Balaban J connectivity index is 2.02. The Morgan fingerprint density at radius 2 is 1.81 bits per heavy atom. The van der Waals surface area contributed by atoms with E-state index in [1.54, 1.807) is 20.8 Å². The number of hydrogen-bond donors (Lipinski definition) is 1. The Hall–Kier alpha value is -0.140. The van der Waals surface area contributed by atoms with Crippen molar-refractivity contribution in [1.29, 1.82) is 0 Å².